The molecular weight excluding hydrogens is 231 g/mol. The third-order valence-electron chi connectivity index (χ3n) is 2.16. The molecule has 1 atom stereocenters. The van der Waals surface area contributed by atoms with Crippen molar-refractivity contribution in [1.29, 1.82) is 0 Å². The molecule has 0 spiro atoms. The standard InChI is InChI=1S/C11H16Cl2N2/c1-8(15-5-4-14)6-9-2-3-10(12)11(13)7-9/h2-3,7-8,15H,4-6,14H2,1H3. The minimum atomic E-state index is 0.394. The largest absolute Gasteiger partial charge is 0.329 e. The summed E-state index contributed by atoms with van der Waals surface area (Å²) in [6, 6.07) is 6.12. The molecule has 0 aliphatic carbocycles. The van der Waals surface area contributed by atoms with E-state index in [0.29, 0.717) is 22.6 Å². The van der Waals surface area contributed by atoms with Gasteiger partial charge in [-0.1, -0.05) is 29.3 Å². The smallest absolute Gasteiger partial charge is 0.0595 e. The van der Waals surface area contributed by atoms with Gasteiger partial charge in [-0.25, -0.2) is 0 Å². The van der Waals surface area contributed by atoms with Crippen LogP contribution in [-0.2, 0) is 6.42 Å². The molecule has 0 fully saturated rings. The number of nitrogens with one attached hydrogen (secondary N) is 1. The van der Waals surface area contributed by atoms with Gasteiger partial charge in [0, 0.05) is 19.1 Å². The van der Waals surface area contributed by atoms with Crippen molar-refractivity contribution in [3.8, 4) is 0 Å². The second-order valence-corrected chi connectivity index (χ2v) is 4.41. The minimum Gasteiger partial charge on any atom is -0.329 e. The molecule has 1 rings (SSSR count). The van der Waals surface area contributed by atoms with Gasteiger partial charge < -0.3 is 11.1 Å². The third-order valence-corrected chi connectivity index (χ3v) is 2.90. The Kier molecular flexibility index (Phi) is 5.40. The van der Waals surface area contributed by atoms with Gasteiger partial charge in [0.25, 0.3) is 0 Å². The average molecular weight is 247 g/mol. The predicted molar refractivity (Wildman–Crippen MR) is 66.7 cm³/mol. The van der Waals surface area contributed by atoms with Crippen LogP contribution in [0, 0.1) is 0 Å². The number of nitrogens with two attached hydrogens (primary N) is 1. The van der Waals surface area contributed by atoms with Crippen molar-refractivity contribution in [3.63, 3.8) is 0 Å². The van der Waals surface area contributed by atoms with E-state index >= 15 is 0 Å². The molecule has 0 aromatic heterocycles. The molecule has 1 aromatic rings. The highest BCUT2D eigenvalue weighted by molar-refractivity contribution is 6.42. The van der Waals surface area contributed by atoms with Crippen LogP contribution >= 0.6 is 23.2 Å². The Hall–Kier alpha value is -0.280. The molecule has 1 unspecified atom stereocenters. The lowest BCUT2D eigenvalue weighted by Gasteiger charge is -2.13. The quantitative estimate of drug-likeness (QED) is 0.838. The molecule has 2 nitrogen and oxygen atoms in total. The van der Waals surface area contributed by atoms with E-state index in [1.807, 2.05) is 18.2 Å². The summed E-state index contributed by atoms with van der Waals surface area (Å²) in [5.41, 5.74) is 6.59. The minimum absolute atomic E-state index is 0.394. The summed E-state index contributed by atoms with van der Waals surface area (Å²) in [5.74, 6) is 0. The van der Waals surface area contributed by atoms with Crippen molar-refractivity contribution in [2.24, 2.45) is 5.73 Å². The van der Waals surface area contributed by atoms with E-state index < -0.39 is 0 Å². The Labute approximate surface area is 101 Å². The number of rotatable bonds is 5. The normalized spacial score (nSPS) is 12.8. The fourth-order valence-corrected chi connectivity index (χ4v) is 1.74. The summed E-state index contributed by atoms with van der Waals surface area (Å²) in [7, 11) is 0. The molecule has 1 aromatic carbocycles. The lowest BCUT2D eigenvalue weighted by atomic mass is 10.1. The van der Waals surface area contributed by atoms with Gasteiger partial charge in [0.1, 0.15) is 0 Å². The molecule has 0 saturated carbocycles. The van der Waals surface area contributed by atoms with Gasteiger partial charge in [-0.05, 0) is 31.0 Å². The van der Waals surface area contributed by atoms with Gasteiger partial charge >= 0.3 is 0 Å². The Bertz CT molecular complexity index is 315. The maximum Gasteiger partial charge on any atom is 0.0595 e. The maximum atomic E-state index is 5.93. The third kappa shape index (κ3) is 4.39. The SMILES string of the molecule is CC(Cc1ccc(Cl)c(Cl)c1)NCCN. The summed E-state index contributed by atoms with van der Waals surface area (Å²) < 4.78 is 0. The molecule has 0 aliphatic rings. The van der Waals surface area contributed by atoms with Crippen LogP contribution in [0.15, 0.2) is 18.2 Å². The Morgan fingerprint density at radius 2 is 2.07 bits per heavy atom. The Balaban J connectivity index is 2.53. The summed E-state index contributed by atoms with van der Waals surface area (Å²) in [6.45, 7) is 3.62. The second kappa shape index (κ2) is 6.33. The highest BCUT2D eigenvalue weighted by Crippen LogP contribution is 2.23. The fraction of sp³-hybridized carbons (Fsp3) is 0.455. The van der Waals surface area contributed by atoms with Gasteiger partial charge in [-0.3, -0.25) is 0 Å². The van der Waals surface area contributed by atoms with Crippen LogP contribution < -0.4 is 11.1 Å². The van der Waals surface area contributed by atoms with Crippen molar-refractivity contribution in [2.45, 2.75) is 19.4 Å². The zero-order valence-electron chi connectivity index (χ0n) is 8.76. The highest BCUT2D eigenvalue weighted by Gasteiger charge is 2.04. The van der Waals surface area contributed by atoms with Crippen LogP contribution in [0.4, 0.5) is 0 Å². The molecule has 0 heterocycles. The van der Waals surface area contributed by atoms with E-state index in [9.17, 15) is 0 Å². The lowest BCUT2D eigenvalue weighted by Crippen LogP contribution is -2.32. The van der Waals surface area contributed by atoms with E-state index in [4.69, 9.17) is 28.9 Å². The highest BCUT2D eigenvalue weighted by atomic mass is 35.5. The van der Waals surface area contributed by atoms with Crippen LogP contribution in [-0.4, -0.2) is 19.1 Å². The summed E-state index contributed by atoms with van der Waals surface area (Å²) >= 11 is 11.8. The van der Waals surface area contributed by atoms with Crippen LogP contribution in [0.25, 0.3) is 0 Å². The zero-order valence-corrected chi connectivity index (χ0v) is 10.3. The number of hydrogen-bond acceptors (Lipinski definition) is 2. The molecule has 0 aliphatic heterocycles. The first-order valence-corrected chi connectivity index (χ1v) is 5.76. The number of halogens is 2. The maximum absolute atomic E-state index is 5.93. The van der Waals surface area contributed by atoms with Crippen molar-refractivity contribution in [3.05, 3.63) is 33.8 Å². The van der Waals surface area contributed by atoms with Crippen LogP contribution in [0.2, 0.25) is 10.0 Å². The summed E-state index contributed by atoms with van der Waals surface area (Å²) in [6.07, 6.45) is 0.927. The van der Waals surface area contributed by atoms with Crippen molar-refractivity contribution >= 4 is 23.2 Å². The monoisotopic (exact) mass is 246 g/mol. The average Bonchev–Trinajstić information content (AvgIpc) is 2.20. The molecule has 84 valence electrons. The molecule has 0 radical (unpaired) electrons. The van der Waals surface area contributed by atoms with E-state index in [0.717, 1.165) is 13.0 Å². The Morgan fingerprint density at radius 1 is 1.33 bits per heavy atom. The second-order valence-electron chi connectivity index (χ2n) is 3.60. The van der Waals surface area contributed by atoms with Gasteiger partial charge in [-0.2, -0.15) is 0 Å². The zero-order chi connectivity index (χ0) is 11.3. The van der Waals surface area contributed by atoms with Gasteiger partial charge in [0.15, 0.2) is 0 Å². The van der Waals surface area contributed by atoms with Crippen molar-refractivity contribution in [2.75, 3.05) is 13.1 Å². The Morgan fingerprint density at radius 3 is 2.67 bits per heavy atom. The number of hydrogen-bond donors (Lipinski definition) is 2. The van der Waals surface area contributed by atoms with Gasteiger partial charge in [-0.15, -0.1) is 0 Å². The van der Waals surface area contributed by atoms with Crippen LogP contribution in [0.1, 0.15) is 12.5 Å². The van der Waals surface area contributed by atoms with E-state index in [2.05, 4.69) is 12.2 Å². The molecular formula is C11H16Cl2N2. The van der Waals surface area contributed by atoms with Gasteiger partial charge in [0.05, 0.1) is 10.0 Å². The molecule has 0 amide bonds. The van der Waals surface area contributed by atoms with Crippen LogP contribution in [0.3, 0.4) is 0 Å². The summed E-state index contributed by atoms with van der Waals surface area (Å²) in [5, 5.41) is 4.53. The fourth-order valence-electron chi connectivity index (χ4n) is 1.42. The molecule has 15 heavy (non-hydrogen) atoms. The molecule has 0 bridgehead atoms. The lowest BCUT2D eigenvalue weighted by molar-refractivity contribution is 0.553. The topological polar surface area (TPSA) is 38.0 Å². The first-order valence-electron chi connectivity index (χ1n) is 5.01. The predicted octanol–water partition coefficient (Wildman–Crippen LogP) is 2.47. The van der Waals surface area contributed by atoms with E-state index in [1.165, 1.54) is 5.56 Å². The van der Waals surface area contributed by atoms with E-state index in [1.54, 1.807) is 0 Å². The molecule has 4 heteroatoms. The van der Waals surface area contributed by atoms with E-state index in [-0.39, 0.29) is 0 Å². The number of benzene rings is 1. The van der Waals surface area contributed by atoms with Gasteiger partial charge in [0.2, 0.25) is 0 Å². The van der Waals surface area contributed by atoms with Crippen LogP contribution in [0.5, 0.6) is 0 Å². The first kappa shape index (κ1) is 12.8. The van der Waals surface area contributed by atoms with Crippen molar-refractivity contribution < 1.29 is 0 Å². The molecule has 3 N–H and O–H groups in total. The van der Waals surface area contributed by atoms with Crippen molar-refractivity contribution in [1.82, 2.24) is 5.32 Å². The first-order chi connectivity index (χ1) is 7.13. The molecule has 0 saturated heterocycles. The summed E-state index contributed by atoms with van der Waals surface area (Å²) in [4.78, 5) is 0.